The molecule has 6 nitrogen and oxygen atoms in total. The van der Waals surface area contributed by atoms with Crippen molar-refractivity contribution >= 4 is 11.9 Å². The van der Waals surface area contributed by atoms with E-state index in [1.807, 2.05) is 12.4 Å². The number of ether oxygens (including phenoxy) is 1. The van der Waals surface area contributed by atoms with Gasteiger partial charge in [0, 0.05) is 37.6 Å². The average Bonchev–Trinajstić information content (AvgIpc) is 3.65. The predicted molar refractivity (Wildman–Crippen MR) is 130 cm³/mol. The van der Waals surface area contributed by atoms with Crippen molar-refractivity contribution in [1.82, 2.24) is 15.3 Å². The molecule has 2 heterocycles. The third-order valence-electron chi connectivity index (χ3n) is 7.77. The molecule has 3 aliphatic rings. The van der Waals surface area contributed by atoms with E-state index in [1.165, 1.54) is 43.4 Å². The van der Waals surface area contributed by atoms with Crippen molar-refractivity contribution in [3.8, 4) is 5.75 Å². The topological polar surface area (TPSA) is 67.4 Å². The number of aryl methyl sites for hydroxylation is 1. The van der Waals surface area contributed by atoms with E-state index in [0.717, 1.165) is 57.1 Å². The zero-order valence-electron chi connectivity index (χ0n) is 20.1. The summed E-state index contributed by atoms with van der Waals surface area (Å²) in [7, 11) is 0. The van der Waals surface area contributed by atoms with E-state index in [0.29, 0.717) is 17.8 Å². The van der Waals surface area contributed by atoms with E-state index in [9.17, 15) is 9.18 Å². The minimum atomic E-state index is -0.519. The molecule has 0 bridgehead atoms. The number of benzene rings is 1. The summed E-state index contributed by atoms with van der Waals surface area (Å²) in [6.07, 6.45) is 14.0. The maximum atomic E-state index is 14.3. The molecular formula is C27H35FN4O2. The second-order valence-corrected chi connectivity index (χ2v) is 10.4. The summed E-state index contributed by atoms with van der Waals surface area (Å²) in [5.74, 6) is 1.27. The van der Waals surface area contributed by atoms with Gasteiger partial charge in [0.05, 0.1) is 12.2 Å². The second-order valence-electron chi connectivity index (χ2n) is 10.4. The van der Waals surface area contributed by atoms with Gasteiger partial charge in [0.2, 0.25) is 5.95 Å². The second kappa shape index (κ2) is 9.88. The Hall–Kier alpha value is -2.70. The molecule has 1 amide bonds. The number of halogens is 1. The maximum absolute atomic E-state index is 14.3. The van der Waals surface area contributed by atoms with E-state index in [-0.39, 0.29) is 17.5 Å². The lowest BCUT2D eigenvalue weighted by atomic mass is 9.56. The van der Waals surface area contributed by atoms with Gasteiger partial charge in [-0.2, -0.15) is 0 Å². The standard InChI is InChI=1S/C27H35FN4O2/c1-2-19-17-29-26(30-18-19)32-11-9-27(10-12-32)15-20(16-27)4-3-13-34-22-7-8-23(24(28)14-22)25(33)31-21-5-6-21/h7-8,14,17-18,20-21H,2-6,9-13,15-16H2,1H3,(H,31,33). The highest BCUT2D eigenvalue weighted by Crippen LogP contribution is 2.54. The largest absolute Gasteiger partial charge is 0.493 e. The van der Waals surface area contributed by atoms with Crippen LogP contribution in [0.15, 0.2) is 30.6 Å². The zero-order valence-corrected chi connectivity index (χ0v) is 20.1. The smallest absolute Gasteiger partial charge is 0.254 e. The highest BCUT2D eigenvalue weighted by molar-refractivity contribution is 5.95. The quantitative estimate of drug-likeness (QED) is 0.531. The molecular weight excluding hydrogens is 431 g/mol. The summed E-state index contributed by atoms with van der Waals surface area (Å²) in [6.45, 7) is 4.79. The Kier molecular flexibility index (Phi) is 6.70. The minimum Gasteiger partial charge on any atom is -0.493 e. The van der Waals surface area contributed by atoms with Crippen LogP contribution in [0.2, 0.25) is 0 Å². The van der Waals surface area contributed by atoms with Crippen LogP contribution >= 0.6 is 0 Å². The van der Waals surface area contributed by atoms with Gasteiger partial charge in [0.15, 0.2) is 0 Å². The minimum absolute atomic E-state index is 0.0922. The molecule has 2 saturated carbocycles. The van der Waals surface area contributed by atoms with Crippen molar-refractivity contribution in [2.24, 2.45) is 11.3 Å². The van der Waals surface area contributed by atoms with Crippen molar-refractivity contribution in [2.75, 3.05) is 24.6 Å². The lowest BCUT2D eigenvalue weighted by molar-refractivity contribution is 0.0205. The van der Waals surface area contributed by atoms with E-state index in [2.05, 4.69) is 27.1 Å². The number of piperidine rings is 1. The fraction of sp³-hybridized carbons (Fsp3) is 0.593. The first-order valence-corrected chi connectivity index (χ1v) is 12.8. The zero-order chi connectivity index (χ0) is 23.5. The molecule has 1 saturated heterocycles. The molecule has 182 valence electrons. The number of rotatable bonds is 9. The molecule has 2 aliphatic carbocycles. The van der Waals surface area contributed by atoms with Crippen LogP contribution in [0.4, 0.5) is 10.3 Å². The monoisotopic (exact) mass is 466 g/mol. The SMILES string of the molecule is CCc1cnc(N2CCC3(CC2)CC(CCCOc2ccc(C(=O)NC4CC4)c(F)c2)C3)nc1. The van der Waals surface area contributed by atoms with Crippen molar-refractivity contribution in [3.05, 3.63) is 47.5 Å². The van der Waals surface area contributed by atoms with Crippen molar-refractivity contribution in [3.63, 3.8) is 0 Å². The van der Waals surface area contributed by atoms with Crippen LogP contribution in [0.3, 0.4) is 0 Å². The Morgan fingerprint density at radius 1 is 1.21 bits per heavy atom. The Morgan fingerprint density at radius 3 is 2.59 bits per heavy atom. The Balaban J connectivity index is 0.995. The first-order chi connectivity index (χ1) is 16.5. The number of nitrogens with one attached hydrogen (secondary N) is 1. The number of amides is 1. The van der Waals surface area contributed by atoms with Gasteiger partial charge in [-0.3, -0.25) is 4.79 Å². The summed E-state index contributed by atoms with van der Waals surface area (Å²) in [4.78, 5) is 23.5. The highest BCUT2D eigenvalue weighted by atomic mass is 19.1. The van der Waals surface area contributed by atoms with Crippen LogP contribution in [0.5, 0.6) is 5.75 Å². The predicted octanol–water partition coefficient (Wildman–Crippen LogP) is 4.93. The lowest BCUT2D eigenvalue weighted by Crippen LogP contribution is -2.47. The Bertz CT molecular complexity index is 992. The molecule has 1 N–H and O–H groups in total. The number of nitrogens with zero attached hydrogens (tertiary/aromatic N) is 3. The van der Waals surface area contributed by atoms with Crippen LogP contribution in [0, 0.1) is 17.2 Å². The Labute approximate surface area is 201 Å². The van der Waals surface area contributed by atoms with Gasteiger partial charge in [0.25, 0.3) is 5.91 Å². The number of carbonyl (C=O) groups is 1. The van der Waals surface area contributed by atoms with E-state index < -0.39 is 5.82 Å². The molecule has 1 aromatic carbocycles. The molecule has 3 fully saturated rings. The number of aromatic nitrogens is 2. The van der Waals surface area contributed by atoms with Gasteiger partial charge >= 0.3 is 0 Å². The summed E-state index contributed by atoms with van der Waals surface area (Å²) in [6, 6.07) is 4.75. The van der Waals surface area contributed by atoms with Gasteiger partial charge in [-0.15, -0.1) is 0 Å². The van der Waals surface area contributed by atoms with Crippen LogP contribution < -0.4 is 15.0 Å². The van der Waals surface area contributed by atoms with Gasteiger partial charge in [-0.05, 0) is 86.8 Å². The van der Waals surface area contributed by atoms with Crippen LogP contribution in [-0.4, -0.2) is 41.6 Å². The van der Waals surface area contributed by atoms with E-state index in [4.69, 9.17) is 4.74 Å². The molecule has 0 atom stereocenters. The molecule has 1 spiro atoms. The third-order valence-corrected chi connectivity index (χ3v) is 7.77. The normalized spacial score (nSPS) is 19.6. The van der Waals surface area contributed by atoms with E-state index in [1.54, 1.807) is 6.07 Å². The number of anilines is 1. The van der Waals surface area contributed by atoms with E-state index >= 15 is 0 Å². The molecule has 5 rings (SSSR count). The van der Waals surface area contributed by atoms with Crippen molar-refractivity contribution in [1.29, 1.82) is 0 Å². The fourth-order valence-corrected chi connectivity index (χ4v) is 5.47. The number of carbonyl (C=O) groups excluding carboxylic acids is 1. The first kappa shape index (κ1) is 23.1. The number of hydrogen-bond donors (Lipinski definition) is 1. The molecule has 7 heteroatoms. The summed E-state index contributed by atoms with van der Waals surface area (Å²) >= 11 is 0. The van der Waals surface area contributed by atoms with Crippen molar-refractivity contribution < 1.29 is 13.9 Å². The molecule has 1 aliphatic heterocycles. The van der Waals surface area contributed by atoms with Crippen LogP contribution in [0.25, 0.3) is 0 Å². The van der Waals surface area contributed by atoms with Gasteiger partial charge in [0.1, 0.15) is 11.6 Å². The van der Waals surface area contributed by atoms with Crippen molar-refractivity contribution in [2.45, 2.75) is 70.8 Å². The summed E-state index contributed by atoms with van der Waals surface area (Å²) in [5.41, 5.74) is 1.78. The Morgan fingerprint density at radius 2 is 1.94 bits per heavy atom. The average molecular weight is 467 g/mol. The van der Waals surface area contributed by atoms with Crippen LogP contribution in [0.1, 0.15) is 74.2 Å². The van der Waals surface area contributed by atoms with Gasteiger partial charge in [-0.1, -0.05) is 6.92 Å². The molecule has 2 aromatic rings. The lowest BCUT2D eigenvalue weighted by Gasteiger charge is -2.52. The first-order valence-electron chi connectivity index (χ1n) is 12.8. The van der Waals surface area contributed by atoms with Gasteiger partial charge in [-0.25, -0.2) is 14.4 Å². The third kappa shape index (κ3) is 5.34. The molecule has 0 unspecified atom stereocenters. The summed E-state index contributed by atoms with van der Waals surface area (Å²) in [5, 5.41) is 2.82. The summed E-state index contributed by atoms with van der Waals surface area (Å²) < 4.78 is 20.1. The molecule has 0 radical (unpaired) electrons. The maximum Gasteiger partial charge on any atom is 0.254 e. The highest BCUT2D eigenvalue weighted by Gasteiger charge is 2.45. The molecule has 1 aromatic heterocycles. The van der Waals surface area contributed by atoms with Crippen LogP contribution in [-0.2, 0) is 6.42 Å². The van der Waals surface area contributed by atoms with Gasteiger partial charge < -0.3 is 15.0 Å². The number of hydrogen-bond acceptors (Lipinski definition) is 5. The fourth-order valence-electron chi connectivity index (χ4n) is 5.47. The molecule has 34 heavy (non-hydrogen) atoms.